The molecule has 1 atom stereocenters. The molecule has 0 amide bonds. The van der Waals surface area contributed by atoms with E-state index < -0.39 is 5.97 Å². The van der Waals surface area contributed by atoms with E-state index in [1.165, 1.54) is 37.7 Å². The van der Waals surface area contributed by atoms with E-state index in [-0.39, 0.29) is 11.7 Å². The molecule has 1 fully saturated rings. The van der Waals surface area contributed by atoms with Crippen LogP contribution in [-0.2, 0) is 17.6 Å². The Balaban J connectivity index is 0.000000208. The first-order valence-electron chi connectivity index (χ1n) is 10.6. The quantitative estimate of drug-likeness (QED) is 0.611. The number of carbonyl (C=O) groups is 1. The Morgan fingerprint density at radius 1 is 1.14 bits per heavy atom. The van der Waals surface area contributed by atoms with Crippen LogP contribution in [0, 0.1) is 11.7 Å². The lowest BCUT2D eigenvalue weighted by atomic mass is 9.83. The van der Waals surface area contributed by atoms with Gasteiger partial charge >= 0.3 is 5.97 Å². The van der Waals surface area contributed by atoms with Gasteiger partial charge in [0.25, 0.3) is 0 Å². The fourth-order valence-electron chi connectivity index (χ4n) is 3.78. The highest BCUT2D eigenvalue weighted by Crippen LogP contribution is 2.34. The Morgan fingerprint density at radius 2 is 1.86 bits per heavy atom. The Labute approximate surface area is 173 Å². The number of carboxylic acid groups (broad SMARTS) is 1. The lowest BCUT2D eigenvalue weighted by molar-refractivity contribution is -0.141. The summed E-state index contributed by atoms with van der Waals surface area (Å²) in [6, 6.07) is 13.1. The van der Waals surface area contributed by atoms with Crippen molar-refractivity contribution in [3.8, 4) is 5.75 Å². The first-order valence-corrected chi connectivity index (χ1v) is 10.6. The number of halogens is 1. The lowest BCUT2D eigenvalue weighted by Gasteiger charge is -2.22. The summed E-state index contributed by atoms with van der Waals surface area (Å²) in [5.41, 5.74) is 3.21. The van der Waals surface area contributed by atoms with E-state index in [1.54, 1.807) is 20.1 Å². The molecule has 0 unspecified atom stereocenters. The van der Waals surface area contributed by atoms with Gasteiger partial charge in [-0.1, -0.05) is 57.4 Å². The second-order valence-corrected chi connectivity index (χ2v) is 7.84. The number of benzene rings is 2. The molecular weight excluding hydrogens is 367 g/mol. The molecule has 0 aliphatic heterocycles. The van der Waals surface area contributed by atoms with Crippen molar-refractivity contribution in [2.75, 3.05) is 7.11 Å². The molecule has 1 N–H and O–H groups in total. The van der Waals surface area contributed by atoms with Crippen molar-refractivity contribution in [2.45, 2.75) is 64.7 Å². The largest absolute Gasteiger partial charge is 0.497 e. The molecule has 1 aliphatic rings. The smallest absolute Gasteiger partial charge is 0.306 e. The van der Waals surface area contributed by atoms with E-state index in [9.17, 15) is 9.18 Å². The van der Waals surface area contributed by atoms with Gasteiger partial charge in [0.15, 0.2) is 0 Å². The molecule has 3 nitrogen and oxygen atoms in total. The number of aryl methyl sites for hydroxylation is 1. The van der Waals surface area contributed by atoms with Crippen LogP contribution in [0.2, 0.25) is 0 Å². The standard InChI is InChI=1S/C14H19F.C11H14O3/c1-2-11-8-9-14(15)13(10-11)12-6-4-3-5-7-12;1-8(11(12)13)6-9-4-3-5-10(7-9)14-2/h8-10,12H,2-7H2,1H3;3-5,7-8H,6H2,1-2H3,(H,12,13)/t;8-/m.0/s1. The van der Waals surface area contributed by atoms with Crippen LogP contribution in [0.5, 0.6) is 5.75 Å². The number of hydrogen-bond acceptors (Lipinski definition) is 2. The third-order valence-corrected chi connectivity index (χ3v) is 5.61. The van der Waals surface area contributed by atoms with E-state index in [0.717, 1.165) is 23.3 Å². The average molecular weight is 401 g/mol. The van der Waals surface area contributed by atoms with Crippen molar-refractivity contribution in [3.63, 3.8) is 0 Å². The predicted octanol–water partition coefficient (Wildman–Crippen LogP) is 6.39. The zero-order valence-corrected chi connectivity index (χ0v) is 17.8. The summed E-state index contributed by atoms with van der Waals surface area (Å²) in [7, 11) is 1.60. The molecule has 0 heterocycles. The van der Waals surface area contributed by atoms with Crippen molar-refractivity contribution in [1.29, 1.82) is 0 Å². The average Bonchev–Trinajstić information content (AvgIpc) is 2.75. The molecule has 0 aromatic heterocycles. The minimum absolute atomic E-state index is 0.000833. The number of ether oxygens (including phenoxy) is 1. The van der Waals surface area contributed by atoms with Gasteiger partial charge in [0, 0.05) is 0 Å². The van der Waals surface area contributed by atoms with Crippen LogP contribution in [0.3, 0.4) is 0 Å². The summed E-state index contributed by atoms with van der Waals surface area (Å²) in [6.07, 6.45) is 7.73. The monoisotopic (exact) mass is 400 g/mol. The molecule has 2 aromatic rings. The second kappa shape index (κ2) is 11.6. The van der Waals surface area contributed by atoms with Crippen LogP contribution < -0.4 is 4.74 Å². The van der Waals surface area contributed by atoms with Gasteiger partial charge in [0.1, 0.15) is 11.6 Å². The van der Waals surface area contributed by atoms with Gasteiger partial charge in [-0.3, -0.25) is 4.79 Å². The zero-order chi connectivity index (χ0) is 21.2. The van der Waals surface area contributed by atoms with Crippen molar-refractivity contribution >= 4 is 5.97 Å². The Kier molecular flexibility index (Phi) is 9.17. The highest BCUT2D eigenvalue weighted by molar-refractivity contribution is 5.69. The van der Waals surface area contributed by atoms with E-state index >= 15 is 0 Å². The molecule has 0 saturated heterocycles. The summed E-state index contributed by atoms with van der Waals surface area (Å²) in [5.74, 6) is 0.111. The van der Waals surface area contributed by atoms with Crippen molar-refractivity contribution in [2.24, 2.45) is 5.92 Å². The maximum absolute atomic E-state index is 13.7. The fourth-order valence-corrected chi connectivity index (χ4v) is 3.78. The van der Waals surface area contributed by atoms with Crippen LogP contribution in [0.1, 0.15) is 68.6 Å². The minimum atomic E-state index is -0.771. The highest BCUT2D eigenvalue weighted by atomic mass is 19.1. The number of rotatable bonds is 6. The molecule has 2 aromatic carbocycles. The second-order valence-electron chi connectivity index (χ2n) is 7.84. The summed E-state index contributed by atoms with van der Waals surface area (Å²) < 4.78 is 18.7. The molecule has 158 valence electrons. The topological polar surface area (TPSA) is 46.5 Å². The Bertz CT molecular complexity index is 781. The first kappa shape index (κ1) is 22.9. The molecular formula is C25H33FO3. The van der Waals surface area contributed by atoms with Gasteiger partial charge < -0.3 is 9.84 Å². The fraction of sp³-hybridized carbons (Fsp3) is 0.480. The van der Waals surface area contributed by atoms with Crippen LogP contribution in [0.25, 0.3) is 0 Å². The van der Waals surface area contributed by atoms with Crippen molar-refractivity contribution in [3.05, 3.63) is 65.0 Å². The summed E-state index contributed by atoms with van der Waals surface area (Å²) in [6.45, 7) is 3.82. The van der Waals surface area contributed by atoms with Gasteiger partial charge in [0.05, 0.1) is 13.0 Å². The summed E-state index contributed by atoms with van der Waals surface area (Å²) in [5, 5.41) is 8.74. The number of hydrogen-bond donors (Lipinski definition) is 1. The van der Waals surface area contributed by atoms with Gasteiger partial charge in [-0.05, 0) is 66.5 Å². The highest BCUT2D eigenvalue weighted by Gasteiger charge is 2.18. The van der Waals surface area contributed by atoms with Crippen LogP contribution in [0.4, 0.5) is 4.39 Å². The molecule has 0 spiro atoms. The van der Waals surface area contributed by atoms with Gasteiger partial charge in [-0.2, -0.15) is 0 Å². The molecule has 29 heavy (non-hydrogen) atoms. The predicted molar refractivity (Wildman–Crippen MR) is 115 cm³/mol. The van der Waals surface area contributed by atoms with Gasteiger partial charge in [-0.25, -0.2) is 4.39 Å². The molecule has 1 aliphatic carbocycles. The number of methoxy groups -OCH3 is 1. The van der Waals surface area contributed by atoms with E-state index in [4.69, 9.17) is 9.84 Å². The number of carboxylic acids is 1. The number of aliphatic carboxylic acids is 1. The van der Waals surface area contributed by atoms with Crippen molar-refractivity contribution in [1.82, 2.24) is 0 Å². The maximum Gasteiger partial charge on any atom is 0.306 e. The molecule has 0 radical (unpaired) electrons. The summed E-state index contributed by atoms with van der Waals surface area (Å²) >= 11 is 0. The Morgan fingerprint density at radius 3 is 2.48 bits per heavy atom. The molecule has 1 saturated carbocycles. The third kappa shape index (κ3) is 7.19. The molecule has 3 rings (SSSR count). The SMILES string of the molecule is CCc1ccc(F)c(C2CCCCC2)c1.COc1cccc(C[C@H](C)C(=O)O)c1. The maximum atomic E-state index is 13.7. The normalized spacial score (nSPS) is 15.2. The van der Waals surface area contributed by atoms with Crippen LogP contribution in [-0.4, -0.2) is 18.2 Å². The Hall–Kier alpha value is -2.36. The molecule has 0 bridgehead atoms. The first-order chi connectivity index (χ1) is 13.9. The minimum Gasteiger partial charge on any atom is -0.497 e. The lowest BCUT2D eigenvalue weighted by Crippen LogP contribution is -2.12. The summed E-state index contributed by atoms with van der Waals surface area (Å²) in [4.78, 5) is 10.6. The third-order valence-electron chi connectivity index (χ3n) is 5.61. The van der Waals surface area contributed by atoms with Crippen LogP contribution >= 0.6 is 0 Å². The zero-order valence-electron chi connectivity index (χ0n) is 17.8. The van der Waals surface area contributed by atoms with Gasteiger partial charge in [-0.15, -0.1) is 0 Å². The van der Waals surface area contributed by atoms with Gasteiger partial charge in [0.2, 0.25) is 0 Å². The van der Waals surface area contributed by atoms with Crippen molar-refractivity contribution < 1.29 is 19.0 Å². The van der Waals surface area contributed by atoms with E-state index in [2.05, 4.69) is 13.0 Å². The van der Waals surface area contributed by atoms with E-state index in [1.807, 2.05) is 30.3 Å². The van der Waals surface area contributed by atoms with E-state index in [0.29, 0.717) is 12.3 Å². The van der Waals surface area contributed by atoms with Crippen LogP contribution in [0.15, 0.2) is 42.5 Å². The molecule has 4 heteroatoms.